The van der Waals surface area contributed by atoms with Gasteiger partial charge in [-0.05, 0) is 42.0 Å². The van der Waals surface area contributed by atoms with Crippen molar-refractivity contribution in [3.8, 4) is 5.69 Å². The van der Waals surface area contributed by atoms with Crippen molar-refractivity contribution in [1.29, 1.82) is 0 Å². The Morgan fingerprint density at radius 1 is 1.16 bits per heavy atom. The van der Waals surface area contributed by atoms with Crippen LogP contribution in [-0.4, -0.2) is 55.7 Å². The van der Waals surface area contributed by atoms with Crippen LogP contribution in [0.1, 0.15) is 15.9 Å². The summed E-state index contributed by atoms with van der Waals surface area (Å²) in [7, 11) is 1.46. The average molecular weight is 433 g/mol. The molecule has 11 heteroatoms. The van der Waals surface area contributed by atoms with E-state index in [0.717, 1.165) is 11.3 Å². The van der Waals surface area contributed by atoms with E-state index in [1.165, 1.54) is 19.2 Å². The SMILES string of the molecule is COCC(=O)NCc1cccc(-n2nnc3cnc(Nc4ccc(C(=O)O)cc4)nc32)c1. The van der Waals surface area contributed by atoms with E-state index in [0.29, 0.717) is 29.3 Å². The molecule has 0 radical (unpaired) electrons. The highest BCUT2D eigenvalue weighted by Gasteiger charge is 2.11. The Morgan fingerprint density at radius 2 is 1.97 bits per heavy atom. The number of methoxy groups -OCH3 is 1. The van der Waals surface area contributed by atoms with E-state index in [1.54, 1.807) is 23.0 Å². The van der Waals surface area contributed by atoms with Crippen molar-refractivity contribution in [1.82, 2.24) is 30.3 Å². The summed E-state index contributed by atoms with van der Waals surface area (Å²) in [4.78, 5) is 31.4. The van der Waals surface area contributed by atoms with Crippen LogP contribution >= 0.6 is 0 Å². The number of aromatic nitrogens is 5. The molecule has 4 rings (SSSR count). The maximum Gasteiger partial charge on any atom is 0.335 e. The van der Waals surface area contributed by atoms with Gasteiger partial charge in [-0.2, -0.15) is 9.67 Å². The molecule has 1 amide bonds. The summed E-state index contributed by atoms with van der Waals surface area (Å²) >= 11 is 0. The quantitative estimate of drug-likeness (QED) is 0.379. The van der Waals surface area contributed by atoms with Gasteiger partial charge in [0.05, 0.1) is 17.4 Å². The Kier molecular flexibility index (Phi) is 5.99. The minimum atomic E-state index is -0.996. The van der Waals surface area contributed by atoms with Crippen molar-refractivity contribution in [2.75, 3.05) is 19.0 Å². The van der Waals surface area contributed by atoms with Crippen molar-refractivity contribution in [2.24, 2.45) is 0 Å². The smallest absolute Gasteiger partial charge is 0.335 e. The van der Waals surface area contributed by atoms with E-state index >= 15 is 0 Å². The van der Waals surface area contributed by atoms with E-state index in [4.69, 9.17) is 9.84 Å². The Balaban J connectivity index is 1.57. The molecule has 0 aliphatic heterocycles. The van der Waals surface area contributed by atoms with Crippen LogP contribution in [0.4, 0.5) is 11.6 Å². The first-order valence-electron chi connectivity index (χ1n) is 9.57. The summed E-state index contributed by atoms with van der Waals surface area (Å²) in [5.74, 6) is -0.888. The van der Waals surface area contributed by atoms with Crippen LogP contribution in [0, 0.1) is 0 Å². The Labute approximate surface area is 182 Å². The fourth-order valence-corrected chi connectivity index (χ4v) is 2.97. The zero-order valence-corrected chi connectivity index (χ0v) is 17.0. The van der Waals surface area contributed by atoms with Crippen LogP contribution in [0.15, 0.2) is 54.7 Å². The number of ether oxygens (including phenoxy) is 1. The first-order valence-corrected chi connectivity index (χ1v) is 9.57. The van der Waals surface area contributed by atoms with E-state index in [9.17, 15) is 9.59 Å². The topological polar surface area (TPSA) is 144 Å². The summed E-state index contributed by atoms with van der Waals surface area (Å²) in [6, 6.07) is 13.7. The fraction of sp³-hybridized carbons (Fsp3) is 0.143. The molecular weight excluding hydrogens is 414 g/mol. The number of fused-ring (bicyclic) bond motifs is 1. The van der Waals surface area contributed by atoms with Crippen LogP contribution in [0.25, 0.3) is 16.9 Å². The number of amides is 1. The van der Waals surface area contributed by atoms with E-state index in [2.05, 4.69) is 30.9 Å². The molecule has 0 saturated heterocycles. The number of nitrogens with zero attached hydrogens (tertiary/aromatic N) is 5. The van der Waals surface area contributed by atoms with Crippen molar-refractivity contribution in [3.63, 3.8) is 0 Å². The third-order valence-electron chi connectivity index (χ3n) is 4.50. The van der Waals surface area contributed by atoms with Gasteiger partial charge >= 0.3 is 5.97 Å². The lowest BCUT2D eigenvalue weighted by Gasteiger charge is -2.08. The molecule has 11 nitrogen and oxygen atoms in total. The second-order valence-corrected chi connectivity index (χ2v) is 6.79. The predicted molar refractivity (Wildman–Crippen MR) is 115 cm³/mol. The summed E-state index contributed by atoms with van der Waals surface area (Å²) in [5.41, 5.74) is 3.43. The van der Waals surface area contributed by atoms with E-state index in [-0.39, 0.29) is 18.1 Å². The summed E-state index contributed by atoms with van der Waals surface area (Å²) in [6.07, 6.45) is 1.55. The summed E-state index contributed by atoms with van der Waals surface area (Å²) in [5, 5.41) is 23.1. The number of aromatic carboxylic acids is 1. The molecule has 0 spiro atoms. The first-order chi connectivity index (χ1) is 15.5. The minimum absolute atomic E-state index is 0.000858. The van der Waals surface area contributed by atoms with Crippen LogP contribution in [0.3, 0.4) is 0 Å². The van der Waals surface area contributed by atoms with Crippen molar-refractivity contribution < 1.29 is 19.4 Å². The lowest BCUT2D eigenvalue weighted by Crippen LogP contribution is -2.26. The number of hydrogen-bond acceptors (Lipinski definition) is 8. The molecule has 0 bridgehead atoms. The number of carbonyl (C=O) groups is 2. The van der Waals surface area contributed by atoms with E-state index < -0.39 is 5.97 Å². The van der Waals surface area contributed by atoms with Crippen LogP contribution in [-0.2, 0) is 16.1 Å². The molecule has 0 unspecified atom stereocenters. The molecule has 32 heavy (non-hydrogen) atoms. The maximum absolute atomic E-state index is 11.6. The average Bonchev–Trinajstić information content (AvgIpc) is 3.22. The molecule has 0 atom stereocenters. The minimum Gasteiger partial charge on any atom is -0.478 e. The highest BCUT2D eigenvalue weighted by atomic mass is 16.5. The number of anilines is 2. The second-order valence-electron chi connectivity index (χ2n) is 6.79. The molecule has 0 saturated carbocycles. The predicted octanol–water partition coefficient (Wildman–Crippen LogP) is 1.91. The lowest BCUT2D eigenvalue weighted by molar-refractivity contribution is -0.124. The maximum atomic E-state index is 11.6. The van der Waals surface area contributed by atoms with Gasteiger partial charge in [0.25, 0.3) is 0 Å². The summed E-state index contributed by atoms with van der Waals surface area (Å²) < 4.78 is 6.39. The largest absolute Gasteiger partial charge is 0.478 e. The molecule has 162 valence electrons. The Hall–Kier alpha value is -4.38. The molecule has 2 heterocycles. The number of benzene rings is 2. The van der Waals surface area contributed by atoms with Crippen LogP contribution in [0.5, 0.6) is 0 Å². The van der Waals surface area contributed by atoms with Crippen molar-refractivity contribution in [3.05, 3.63) is 65.9 Å². The zero-order valence-electron chi connectivity index (χ0n) is 17.0. The number of rotatable bonds is 8. The molecule has 2 aromatic carbocycles. The Bertz CT molecular complexity index is 1270. The van der Waals surface area contributed by atoms with Crippen molar-refractivity contribution >= 4 is 34.7 Å². The highest BCUT2D eigenvalue weighted by Crippen LogP contribution is 2.19. The summed E-state index contributed by atoms with van der Waals surface area (Å²) in [6.45, 7) is 0.343. The van der Waals surface area contributed by atoms with Gasteiger partial charge in [0.2, 0.25) is 11.9 Å². The molecule has 4 aromatic rings. The van der Waals surface area contributed by atoms with Gasteiger partial charge in [0, 0.05) is 19.3 Å². The van der Waals surface area contributed by atoms with Crippen LogP contribution < -0.4 is 10.6 Å². The number of carbonyl (C=O) groups excluding carboxylic acids is 1. The van der Waals surface area contributed by atoms with Gasteiger partial charge in [-0.3, -0.25) is 4.79 Å². The lowest BCUT2D eigenvalue weighted by atomic mass is 10.2. The number of carboxylic acids is 1. The molecule has 2 aromatic heterocycles. The molecular formula is C21H19N7O4. The third-order valence-corrected chi connectivity index (χ3v) is 4.50. The van der Waals surface area contributed by atoms with Gasteiger partial charge in [-0.25, -0.2) is 9.78 Å². The van der Waals surface area contributed by atoms with Gasteiger partial charge in [-0.1, -0.05) is 17.3 Å². The van der Waals surface area contributed by atoms with Gasteiger partial charge < -0.3 is 20.5 Å². The standard InChI is InChI=1S/C21H19N7O4/c1-32-12-18(29)22-10-13-3-2-4-16(9-13)28-19-17(26-27-28)11-23-21(25-19)24-15-7-5-14(6-8-15)20(30)31/h2-9,11H,10,12H2,1H3,(H,22,29)(H,30,31)(H,23,24,25). The Morgan fingerprint density at radius 3 is 2.72 bits per heavy atom. The monoisotopic (exact) mass is 433 g/mol. The highest BCUT2D eigenvalue weighted by molar-refractivity contribution is 5.88. The zero-order chi connectivity index (χ0) is 22.5. The molecule has 0 aliphatic rings. The number of carboxylic acid groups (broad SMARTS) is 1. The van der Waals surface area contributed by atoms with E-state index in [1.807, 2.05) is 24.3 Å². The van der Waals surface area contributed by atoms with Gasteiger partial charge in [0.1, 0.15) is 6.61 Å². The molecule has 0 aliphatic carbocycles. The number of hydrogen-bond donors (Lipinski definition) is 3. The second kappa shape index (κ2) is 9.18. The first kappa shape index (κ1) is 20.9. The molecule has 3 N–H and O–H groups in total. The van der Waals surface area contributed by atoms with Crippen LogP contribution in [0.2, 0.25) is 0 Å². The third kappa shape index (κ3) is 4.68. The fourth-order valence-electron chi connectivity index (χ4n) is 2.97. The normalized spacial score (nSPS) is 10.8. The van der Waals surface area contributed by atoms with Crippen molar-refractivity contribution in [2.45, 2.75) is 6.54 Å². The molecule has 0 fully saturated rings. The van der Waals surface area contributed by atoms with Gasteiger partial charge in [0.15, 0.2) is 11.2 Å². The van der Waals surface area contributed by atoms with Gasteiger partial charge in [-0.15, -0.1) is 5.10 Å². The number of nitrogens with one attached hydrogen (secondary N) is 2.